The van der Waals surface area contributed by atoms with Crippen LogP contribution in [0.3, 0.4) is 0 Å². The Morgan fingerprint density at radius 2 is 2.00 bits per heavy atom. The van der Waals surface area contributed by atoms with Crippen molar-refractivity contribution in [1.29, 1.82) is 0 Å². The summed E-state index contributed by atoms with van der Waals surface area (Å²) in [6.45, 7) is 1.90. The van der Waals surface area contributed by atoms with Crippen LogP contribution in [-0.2, 0) is 0 Å². The minimum Gasteiger partial charge on any atom is -0.409 e. The maximum Gasteiger partial charge on any atom is 0.256 e. The number of carbonyl (C=O) groups excluding carboxylic acids is 1. The first-order valence-corrected chi connectivity index (χ1v) is 6.48. The lowest BCUT2D eigenvalue weighted by atomic mass is 10.1. The Bertz CT molecular complexity index is 617. The highest BCUT2D eigenvalue weighted by molar-refractivity contribution is 7.08. The van der Waals surface area contributed by atoms with Gasteiger partial charge in [-0.15, -0.1) is 0 Å². The highest BCUT2D eigenvalue weighted by atomic mass is 32.1. The Kier molecular flexibility index (Phi) is 3.82. The molecule has 0 aliphatic heterocycles. The Morgan fingerprint density at radius 1 is 1.32 bits per heavy atom. The average Bonchev–Trinajstić information content (AvgIpc) is 2.85. The van der Waals surface area contributed by atoms with Gasteiger partial charge in [-0.05, 0) is 42.1 Å². The largest absolute Gasteiger partial charge is 0.409 e. The van der Waals surface area contributed by atoms with E-state index in [4.69, 9.17) is 10.9 Å². The minimum atomic E-state index is -0.143. The number of rotatable bonds is 3. The van der Waals surface area contributed by atoms with Crippen molar-refractivity contribution in [3.63, 3.8) is 0 Å². The summed E-state index contributed by atoms with van der Waals surface area (Å²) in [6, 6.07) is 6.75. The molecule has 1 heterocycles. The second kappa shape index (κ2) is 5.53. The molecule has 2 aromatic rings. The predicted octanol–water partition coefficient (Wildman–Crippen LogP) is 2.40. The van der Waals surface area contributed by atoms with Gasteiger partial charge >= 0.3 is 0 Å². The van der Waals surface area contributed by atoms with E-state index in [0.717, 1.165) is 5.56 Å². The van der Waals surface area contributed by atoms with E-state index in [1.54, 1.807) is 24.3 Å². The van der Waals surface area contributed by atoms with Crippen molar-refractivity contribution in [3.05, 3.63) is 51.7 Å². The summed E-state index contributed by atoms with van der Waals surface area (Å²) in [5.74, 6) is -0.109. The van der Waals surface area contributed by atoms with Crippen LogP contribution >= 0.6 is 11.3 Å². The lowest BCUT2D eigenvalue weighted by Crippen LogP contribution is -2.14. The molecule has 0 saturated carbocycles. The van der Waals surface area contributed by atoms with Gasteiger partial charge in [0, 0.05) is 16.6 Å². The lowest BCUT2D eigenvalue weighted by molar-refractivity contribution is 0.102. The van der Waals surface area contributed by atoms with Crippen molar-refractivity contribution < 1.29 is 10.0 Å². The number of oxime groups is 1. The molecule has 0 saturated heterocycles. The highest BCUT2D eigenvalue weighted by Crippen LogP contribution is 2.16. The second-order valence-corrected chi connectivity index (χ2v) is 4.73. The zero-order valence-corrected chi connectivity index (χ0v) is 11.1. The molecule has 0 aliphatic rings. The molecule has 4 N–H and O–H groups in total. The van der Waals surface area contributed by atoms with E-state index in [0.29, 0.717) is 16.8 Å². The number of benzene rings is 1. The molecule has 0 aliphatic carbocycles. The fourth-order valence-electron chi connectivity index (χ4n) is 1.57. The van der Waals surface area contributed by atoms with Gasteiger partial charge in [-0.1, -0.05) is 5.16 Å². The fourth-order valence-corrected chi connectivity index (χ4v) is 2.40. The van der Waals surface area contributed by atoms with E-state index in [-0.39, 0.29) is 11.7 Å². The van der Waals surface area contributed by atoms with Gasteiger partial charge < -0.3 is 16.3 Å². The van der Waals surface area contributed by atoms with Crippen LogP contribution in [0, 0.1) is 6.92 Å². The zero-order chi connectivity index (χ0) is 13.8. The number of nitrogens with zero attached hydrogens (tertiary/aromatic N) is 1. The lowest BCUT2D eigenvalue weighted by Gasteiger charge is -2.05. The van der Waals surface area contributed by atoms with Crippen LogP contribution < -0.4 is 11.1 Å². The quantitative estimate of drug-likeness (QED) is 0.348. The van der Waals surface area contributed by atoms with Crippen molar-refractivity contribution >= 4 is 28.8 Å². The third-order valence-electron chi connectivity index (χ3n) is 2.65. The van der Waals surface area contributed by atoms with E-state index >= 15 is 0 Å². The molecular formula is C13H13N3O2S. The van der Waals surface area contributed by atoms with Gasteiger partial charge in [0.2, 0.25) is 0 Å². The zero-order valence-electron chi connectivity index (χ0n) is 10.3. The third kappa shape index (κ3) is 2.92. The standard InChI is InChI=1S/C13H13N3O2S/c1-8-6-19-7-11(8)13(17)15-10-4-2-9(3-5-10)12(14)16-18/h2-7,18H,1H3,(H2,14,16)(H,15,17). The first-order chi connectivity index (χ1) is 9.11. The number of amidine groups is 1. The van der Waals surface area contributed by atoms with Crippen molar-refractivity contribution in [2.24, 2.45) is 10.9 Å². The van der Waals surface area contributed by atoms with E-state index in [9.17, 15) is 4.79 Å². The predicted molar refractivity (Wildman–Crippen MR) is 76.0 cm³/mol. The van der Waals surface area contributed by atoms with E-state index in [2.05, 4.69) is 10.5 Å². The molecule has 19 heavy (non-hydrogen) atoms. The van der Waals surface area contributed by atoms with Crippen LogP contribution in [-0.4, -0.2) is 17.0 Å². The molecule has 0 bridgehead atoms. The molecule has 0 unspecified atom stereocenters. The van der Waals surface area contributed by atoms with Gasteiger partial charge in [-0.3, -0.25) is 4.79 Å². The Balaban J connectivity index is 2.12. The first kappa shape index (κ1) is 13.1. The van der Waals surface area contributed by atoms with Gasteiger partial charge in [0.25, 0.3) is 5.91 Å². The maximum atomic E-state index is 12.0. The van der Waals surface area contributed by atoms with Gasteiger partial charge in [0.1, 0.15) is 0 Å². The molecule has 1 amide bonds. The van der Waals surface area contributed by atoms with Crippen LogP contribution in [0.15, 0.2) is 40.2 Å². The summed E-state index contributed by atoms with van der Waals surface area (Å²) < 4.78 is 0. The number of hydrogen-bond acceptors (Lipinski definition) is 4. The molecule has 1 aromatic carbocycles. The Labute approximate surface area is 114 Å². The number of thiophene rings is 1. The van der Waals surface area contributed by atoms with Crippen LogP contribution in [0.2, 0.25) is 0 Å². The highest BCUT2D eigenvalue weighted by Gasteiger charge is 2.10. The smallest absolute Gasteiger partial charge is 0.256 e. The molecule has 1 aromatic heterocycles. The summed E-state index contributed by atoms with van der Waals surface area (Å²) in [5.41, 5.74) is 8.33. The van der Waals surface area contributed by atoms with Crippen molar-refractivity contribution in [2.45, 2.75) is 6.92 Å². The molecule has 0 atom stereocenters. The van der Waals surface area contributed by atoms with Crippen LogP contribution in [0.4, 0.5) is 5.69 Å². The Morgan fingerprint density at radius 3 is 2.53 bits per heavy atom. The molecule has 98 valence electrons. The van der Waals surface area contributed by atoms with Crippen molar-refractivity contribution in [2.75, 3.05) is 5.32 Å². The normalized spacial score (nSPS) is 11.3. The summed E-state index contributed by atoms with van der Waals surface area (Å²) in [7, 11) is 0. The van der Waals surface area contributed by atoms with E-state index < -0.39 is 0 Å². The number of aryl methyl sites for hydroxylation is 1. The topological polar surface area (TPSA) is 87.7 Å². The van der Waals surface area contributed by atoms with Gasteiger partial charge in [-0.2, -0.15) is 11.3 Å². The van der Waals surface area contributed by atoms with Gasteiger partial charge in [0.15, 0.2) is 5.84 Å². The maximum absolute atomic E-state index is 12.0. The number of anilines is 1. The van der Waals surface area contributed by atoms with Crippen LogP contribution in [0.5, 0.6) is 0 Å². The average molecular weight is 275 g/mol. The van der Waals surface area contributed by atoms with Crippen LogP contribution in [0.1, 0.15) is 21.5 Å². The molecule has 0 radical (unpaired) electrons. The van der Waals surface area contributed by atoms with E-state index in [1.807, 2.05) is 17.7 Å². The first-order valence-electron chi connectivity index (χ1n) is 5.54. The number of hydrogen-bond donors (Lipinski definition) is 3. The fraction of sp³-hybridized carbons (Fsp3) is 0.0769. The van der Waals surface area contributed by atoms with E-state index in [1.165, 1.54) is 11.3 Å². The summed E-state index contributed by atoms with van der Waals surface area (Å²) in [5, 5.41) is 18.0. The Hall–Kier alpha value is -2.34. The van der Waals surface area contributed by atoms with Crippen molar-refractivity contribution in [1.82, 2.24) is 0 Å². The molecule has 0 spiro atoms. The molecular weight excluding hydrogens is 262 g/mol. The number of nitrogens with two attached hydrogens (primary N) is 1. The molecule has 2 rings (SSSR count). The third-order valence-corrected chi connectivity index (χ3v) is 3.51. The summed E-state index contributed by atoms with van der Waals surface area (Å²) >= 11 is 1.49. The second-order valence-electron chi connectivity index (χ2n) is 3.99. The summed E-state index contributed by atoms with van der Waals surface area (Å²) in [4.78, 5) is 12.0. The van der Waals surface area contributed by atoms with Gasteiger partial charge in [-0.25, -0.2) is 0 Å². The SMILES string of the molecule is Cc1cscc1C(=O)Nc1ccc(C(N)=NO)cc1. The summed E-state index contributed by atoms with van der Waals surface area (Å²) in [6.07, 6.45) is 0. The molecule has 0 fully saturated rings. The monoisotopic (exact) mass is 275 g/mol. The van der Waals surface area contributed by atoms with Crippen molar-refractivity contribution in [3.8, 4) is 0 Å². The van der Waals surface area contributed by atoms with Crippen LogP contribution in [0.25, 0.3) is 0 Å². The van der Waals surface area contributed by atoms with Gasteiger partial charge in [0.05, 0.1) is 5.56 Å². The number of amides is 1. The number of carbonyl (C=O) groups is 1. The minimum absolute atomic E-state index is 0.0338. The number of nitrogens with one attached hydrogen (secondary N) is 1. The molecule has 6 heteroatoms. The molecule has 5 nitrogen and oxygen atoms in total.